The number of hydrogen-bond acceptors (Lipinski definition) is 2. The minimum absolute atomic E-state index is 0.376. The van der Waals surface area contributed by atoms with Gasteiger partial charge in [0.1, 0.15) is 25.0 Å². The molecule has 1 fully saturated rings. The van der Waals surface area contributed by atoms with Gasteiger partial charge >= 0.3 is 0 Å². The summed E-state index contributed by atoms with van der Waals surface area (Å²) in [5.41, 5.74) is 2.37. The van der Waals surface area contributed by atoms with Crippen LogP contribution in [0, 0.1) is 19.8 Å². The van der Waals surface area contributed by atoms with Gasteiger partial charge in [-0.25, -0.2) is 0 Å². The van der Waals surface area contributed by atoms with Crippen LogP contribution in [0.15, 0.2) is 18.2 Å². The molecule has 0 radical (unpaired) electrons. The summed E-state index contributed by atoms with van der Waals surface area (Å²) in [5.74, 6) is 1.74. The van der Waals surface area contributed by atoms with Gasteiger partial charge in [-0.05, 0) is 44.2 Å². The average Bonchev–Trinajstić information content (AvgIpc) is 2.40. The maximum atomic E-state index is 10.1. The lowest BCUT2D eigenvalue weighted by Gasteiger charge is -2.28. The molecule has 2 rings (SSSR count). The summed E-state index contributed by atoms with van der Waals surface area (Å²) in [5, 5.41) is 10.1. The maximum absolute atomic E-state index is 10.1. The molecule has 1 heterocycles. The van der Waals surface area contributed by atoms with Crippen LogP contribution in [0.1, 0.15) is 30.9 Å². The summed E-state index contributed by atoms with van der Waals surface area (Å²) in [6, 6.07) is 6.15. The van der Waals surface area contributed by atoms with Gasteiger partial charge in [0.25, 0.3) is 0 Å². The highest BCUT2D eigenvalue weighted by molar-refractivity contribution is 5.35. The molecule has 3 nitrogen and oxygen atoms in total. The lowest BCUT2D eigenvalue weighted by atomic mass is 9.99. The van der Waals surface area contributed by atoms with Crippen LogP contribution in [0.3, 0.4) is 0 Å². The topological polar surface area (TPSA) is 33.9 Å². The van der Waals surface area contributed by atoms with E-state index in [2.05, 4.69) is 19.9 Å². The molecule has 0 unspecified atom stereocenters. The lowest BCUT2D eigenvalue weighted by Crippen LogP contribution is -3.14. The zero-order valence-electron chi connectivity index (χ0n) is 13.0. The van der Waals surface area contributed by atoms with Crippen LogP contribution in [0.4, 0.5) is 0 Å². The predicted octanol–water partition coefficient (Wildman–Crippen LogP) is 1.36. The summed E-state index contributed by atoms with van der Waals surface area (Å²) in [6.07, 6.45) is 2.18. The molecule has 1 saturated heterocycles. The average molecular weight is 278 g/mol. The van der Waals surface area contributed by atoms with Crippen LogP contribution in [0.5, 0.6) is 5.75 Å². The number of nitrogens with one attached hydrogen (secondary N) is 1. The highest BCUT2D eigenvalue weighted by Gasteiger charge is 2.21. The number of ether oxygens (including phenoxy) is 1. The quantitative estimate of drug-likeness (QED) is 0.853. The zero-order valence-corrected chi connectivity index (χ0v) is 13.0. The van der Waals surface area contributed by atoms with Crippen molar-refractivity contribution in [1.29, 1.82) is 0 Å². The lowest BCUT2D eigenvalue weighted by molar-refractivity contribution is -0.909. The molecule has 0 amide bonds. The molecule has 2 N–H and O–H groups in total. The fourth-order valence-electron chi connectivity index (χ4n) is 2.91. The molecule has 0 bridgehead atoms. The first kappa shape index (κ1) is 15.3. The van der Waals surface area contributed by atoms with E-state index in [1.54, 1.807) is 0 Å². The Morgan fingerprint density at radius 3 is 2.65 bits per heavy atom. The molecule has 20 heavy (non-hydrogen) atoms. The third kappa shape index (κ3) is 4.50. The van der Waals surface area contributed by atoms with Gasteiger partial charge in [-0.2, -0.15) is 0 Å². The van der Waals surface area contributed by atoms with Gasteiger partial charge in [0.05, 0.1) is 13.1 Å². The molecule has 1 aliphatic heterocycles. The summed E-state index contributed by atoms with van der Waals surface area (Å²) in [4.78, 5) is 1.51. The summed E-state index contributed by atoms with van der Waals surface area (Å²) >= 11 is 0. The van der Waals surface area contributed by atoms with Gasteiger partial charge in [-0.15, -0.1) is 0 Å². The van der Waals surface area contributed by atoms with Crippen LogP contribution >= 0.6 is 0 Å². The smallest absolute Gasteiger partial charge is 0.137 e. The van der Waals surface area contributed by atoms with E-state index in [4.69, 9.17) is 4.74 Å². The predicted molar refractivity (Wildman–Crippen MR) is 81.4 cm³/mol. The van der Waals surface area contributed by atoms with Crippen molar-refractivity contribution in [3.8, 4) is 5.75 Å². The third-order valence-corrected chi connectivity index (χ3v) is 4.27. The van der Waals surface area contributed by atoms with Crippen LogP contribution in [-0.4, -0.2) is 37.5 Å². The first-order chi connectivity index (χ1) is 9.54. The Morgan fingerprint density at radius 1 is 1.30 bits per heavy atom. The summed E-state index contributed by atoms with van der Waals surface area (Å²) in [7, 11) is 0. The maximum Gasteiger partial charge on any atom is 0.137 e. The molecule has 0 aliphatic carbocycles. The van der Waals surface area contributed by atoms with Crippen molar-refractivity contribution in [2.75, 3.05) is 26.2 Å². The molecule has 0 saturated carbocycles. The second-order valence-electron chi connectivity index (χ2n) is 6.37. The first-order valence-electron chi connectivity index (χ1n) is 7.76. The molecular weight excluding hydrogens is 250 g/mol. The van der Waals surface area contributed by atoms with E-state index in [-0.39, 0.29) is 6.10 Å². The molecular formula is C17H28NO2+. The van der Waals surface area contributed by atoms with Crippen LogP contribution < -0.4 is 9.64 Å². The van der Waals surface area contributed by atoms with Gasteiger partial charge in [-0.1, -0.05) is 24.6 Å². The number of hydrogen-bond donors (Lipinski definition) is 2. The highest BCUT2D eigenvalue weighted by atomic mass is 16.5. The highest BCUT2D eigenvalue weighted by Crippen LogP contribution is 2.18. The van der Waals surface area contributed by atoms with Crippen molar-refractivity contribution in [2.24, 2.45) is 5.92 Å². The van der Waals surface area contributed by atoms with E-state index in [1.165, 1.54) is 36.4 Å². The van der Waals surface area contributed by atoms with Crippen molar-refractivity contribution >= 4 is 0 Å². The summed E-state index contributed by atoms with van der Waals surface area (Å²) < 4.78 is 5.75. The Morgan fingerprint density at radius 2 is 2.00 bits per heavy atom. The third-order valence-electron chi connectivity index (χ3n) is 4.27. The Balaban J connectivity index is 1.76. The second-order valence-corrected chi connectivity index (χ2v) is 6.37. The monoisotopic (exact) mass is 278 g/mol. The van der Waals surface area contributed by atoms with E-state index in [9.17, 15) is 5.11 Å². The molecule has 1 aromatic rings. The van der Waals surface area contributed by atoms with Crippen molar-refractivity contribution in [3.63, 3.8) is 0 Å². The van der Waals surface area contributed by atoms with Gasteiger partial charge in [-0.3, -0.25) is 0 Å². The second kappa shape index (κ2) is 7.09. The number of aliphatic hydroxyl groups is 1. The fraction of sp³-hybridized carbons (Fsp3) is 0.647. The van der Waals surface area contributed by atoms with Gasteiger partial charge < -0.3 is 14.7 Å². The Bertz CT molecular complexity index is 425. The standard InChI is InChI=1S/C17H27NO2/c1-13-6-8-18(9-7-13)11-16(19)12-20-17-5-4-14(2)10-15(17)3/h4-5,10,13,16,19H,6-9,11-12H2,1-3H3/p+1/t16-/m0/s1. The first-order valence-corrected chi connectivity index (χ1v) is 7.76. The molecule has 1 aromatic carbocycles. The molecule has 0 aromatic heterocycles. The van der Waals surface area contributed by atoms with Crippen LogP contribution in [0.2, 0.25) is 0 Å². The largest absolute Gasteiger partial charge is 0.490 e. The van der Waals surface area contributed by atoms with E-state index in [0.29, 0.717) is 6.61 Å². The van der Waals surface area contributed by atoms with Crippen molar-refractivity contribution in [2.45, 2.75) is 39.7 Å². The zero-order chi connectivity index (χ0) is 14.5. The van der Waals surface area contributed by atoms with Gasteiger partial charge in [0.15, 0.2) is 0 Å². The van der Waals surface area contributed by atoms with Gasteiger partial charge in [0, 0.05) is 0 Å². The molecule has 0 spiro atoms. The number of likely N-dealkylation sites (tertiary alicyclic amines) is 1. The van der Waals surface area contributed by atoms with Crippen LogP contribution in [0.25, 0.3) is 0 Å². The molecule has 1 aliphatic rings. The molecule has 1 atom stereocenters. The number of aliphatic hydroxyl groups excluding tert-OH is 1. The number of piperidine rings is 1. The van der Waals surface area contributed by atoms with Crippen LogP contribution in [-0.2, 0) is 0 Å². The van der Waals surface area contributed by atoms with E-state index in [1.807, 2.05) is 19.1 Å². The van der Waals surface area contributed by atoms with Crippen molar-refractivity contribution in [1.82, 2.24) is 0 Å². The Labute approximate surface area is 122 Å². The van der Waals surface area contributed by atoms with E-state index in [0.717, 1.165) is 23.8 Å². The van der Waals surface area contributed by atoms with E-state index >= 15 is 0 Å². The Kier molecular flexibility index (Phi) is 5.44. The molecule has 3 heteroatoms. The Hall–Kier alpha value is -1.06. The number of aryl methyl sites for hydroxylation is 2. The number of benzene rings is 1. The van der Waals surface area contributed by atoms with Crippen molar-refractivity contribution < 1.29 is 14.7 Å². The normalized spacial score (nSPS) is 24.4. The minimum atomic E-state index is -0.376. The SMILES string of the molecule is Cc1ccc(OC[C@@H](O)C[NH+]2CCC(C)CC2)c(C)c1. The van der Waals surface area contributed by atoms with E-state index < -0.39 is 0 Å². The number of rotatable bonds is 5. The summed E-state index contributed by atoms with van der Waals surface area (Å²) in [6.45, 7) is 10.00. The minimum Gasteiger partial charge on any atom is -0.490 e. The van der Waals surface area contributed by atoms with Crippen molar-refractivity contribution in [3.05, 3.63) is 29.3 Å². The van der Waals surface area contributed by atoms with Gasteiger partial charge in [0.2, 0.25) is 0 Å². The number of quaternary nitrogens is 1. The molecule has 112 valence electrons. The fourth-order valence-corrected chi connectivity index (χ4v) is 2.91.